The maximum Gasteiger partial charge on any atom is 0.160 e. The molecule has 0 unspecified atom stereocenters. The van der Waals surface area contributed by atoms with Gasteiger partial charge < -0.3 is 9.64 Å². The quantitative estimate of drug-likeness (QED) is 0.545. The fourth-order valence-electron chi connectivity index (χ4n) is 3.70. The van der Waals surface area contributed by atoms with Gasteiger partial charge in [0.2, 0.25) is 0 Å². The highest BCUT2D eigenvalue weighted by Gasteiger charge is 2.22. The van der Waals surface area contributed by atoms with Crippen LogP contribution in [0.25, 0.3) is 16.6 Å². The van der Waals surface area contributed by atoms with Crippen molar-refractivity contribution in [2.24, 2.45) is 0 Å². The zero-order valence-electron chi connectivity index (χ0n) is 15.5. The monoisotopic (exact) mass is 371 g/mol. The van der Waals surface area contributed by atoms with Crippen LogP contribution < -0.4 is 9.64 Å². The van der Waals surface area contributed by atoms with E-state index >= 15 is 0 Å². The zero-order chi connectivity index (χ0) is 18.8. The van der Waals surface area contributed by atoms with Gasteiger partial charge in [-0.25, -0.2) is 4.98 Å². The first-order valence-electron chi connectivity index (χ1n) is 9.58. The van der Waals surface area contributed by atoms with Crippen LogP contribution in [0.15, 0.2) is 73.3 Å². The van der Waals surface area contributed by atoms with Crippen LogP contribution in [0.1, 0.15) is 12.8 Å². The molecule has 6 heteroatoms. The number of ether oxygens (including phenoxy) is 1. The molecule has 140 valence electrons. The summed E-state index contributed by atoms with van der Waals surface area (Å²) >= 11 is 0. The van der Waals surface area contributed by atoms with Gasteiger partial charge in [0.15, 0.2) is 11.6 Å². The Hall–Kier alpha value is -3.41. The van der Waals surface area contributed by atoms with Crippen LogP contribution in [0.4, 0.5) is 5.82 Å². The third-order valence-corrected chi connectivity index (χ3v) is 5.21. The summed E-state index contributed by atoms with van der Waals surface area (Å²) in [5.41, 5.74) is 0. The van der Waals surface area contributed by atoms with Crippen LogP contribution in [0.3, 0.4) is 0 Å². The number of piperidine rings is 1. The minimum absolute atomic E-state index is 0.222. The summed E-state index contributed by atoms with van der Waals surface area (Å²) < 4.78 is 8.20. The molecular formula is C22H21N5O. The van der Waals surface area contributed by atoms with Crippen molar-refractivity contribution in [3.63, 3.8) is 0 Å². The lowest BCUT2D eigenvalue weighted by Gasteiger charge is -2.32. The second-order valence-electron chi connectivity index (χ2n) is 7.00. The first kappa shape index (κ1) is 16.7. The van der Waals surface area contributed by atoms with Gasteiger partial charge in [0.05, 0.1) is 0 Å². The Bertz CT molecular complexity index is 1050. The molecule has 1 aliphatic heterocycles. The van der Waals surface area contributed by atoms with Crippen LogP contribution in [0.2, 0.25) is 0 Å². The fourth-order valence-corrected chi connectivity index (χ4v) is 3.70. The Labute approximate surface area is 163 Å². The van der Waals surface area contributed by atoms with Gasteiger partial charge in [-0.15, -0.1) is 10.2 Å². The molecule has 6 nitrogen and oxygen atoms in total. The summed E-state index contributed by atoms with van der Waals surface area (Å²) in [6, 6.07) is 18.6. The summed E-state index contributed by atoms with van der Waals surface area (Å²) in [4.78, 5) is 6.31. The molecule has 0 radical (unpaired) electrons. The van der Waals surface area contributed by atoms with Gasteiger partial charge in [-0.05, 0) is 23.6 Å². The second-order valence-corrected chi connectivity index (χ2v) is 7.00. The average Bonchev–Trinajstić information content (AvgIpc) is 3.30. The number of aromatic nitrogens is 4. The molecule has 1 fully saturated rings. The second kappa shape index (κ2) is 7.31. The van der Waals surface area contributed by atoms with E-state index in [0.717, 1.165) is 43.3 Å². The Morgan fingerprint density at radius 1 is 0.857 bits per heavy atom. The predicted octanol–water partition coefficient (Wildman–Crippen LogP) is 3.86. The number of imidazole rings is 1. The predicted molar refractivity (Wildman–Crippen MR) is 109 cm³/mol. The number of fused-ring (bicyclic) bond motifs is 1. The number of nitrogens with zero attached hydrogens (tertiary/aromatic N) is 5. The Balaban J connectivity index is 1.24. The molecule has 4 aromatic rings. The van der Waals surface area contributed by atoms with Crippen LogP contribution >= 0.6 is 0 Å². The van der Waals surface area contributed by atoms with Gasteiger partial charge in [-0.3, -0.25) is 4.57 Å². The topological polar surface area (TPSA) is 56.1 Å². The number of hydrogen-bond donors (Lipinski definition) is 0. The average molecular weight is 371 g/mol. The largest absolute Gasteiger partial charge is 0.490 e. The molecule has 1 saturated heterocycles. The van der Waals surface area contributed by atoms with Crippen molar-refractivity contribution in [3.05, 3.63) is 73.3 Å². The Morgan fingerprint density at radius 3 is 2.43 bits per heavy atom. The molecular weight excluding hydrogens is 350 g/mol. The van der Waals surface area contributed by atoms with Crippen molar-refractivity contribution in [2.45, 2.75) is 18.9 Å². The highest BCUT2D eigenvalue weighted by molar-refractivity contribution is 5.88. The minimum Gasteiger partial charge on any atom is -0.490 e. The lowest BCUT2D eigenvalue weighted by atomic mass is 10.1. The molecule has 0 saturated carbocycles. The first-order chi connectivity index (χ1) is 13.9. The smallest absolute Gasteiger partial charge is 0.160 e. The van der Waals surface area contributed by atoms with E-state index in [9.17, 15) is 0 Å². The Kier molecular flexibility index (Phi) is 4.37. The number of anilines is 1. The maximum absolute atomic E-state index is 6.35. The molecule has 2 aromatic carbocycles. The van der Waals surface area contributed by atoms with Crippen LogP contribution in [0.5, 0.6) is 5.75 Å². The molecule has 0 bridgehead atoms. The molecule has 0 aliphatic carbocycles. The van der Waals surface area contributed by atoms with Crippen molar-refractivity contribution in [2.75, 3.05) is 18.0 Å². The number of rotatable bonds is 4. The van der Waals surface area contributed by atoms with Gasteiger partial charge >= 0.3 is 0 Å². The summed E-state index contributed by atoms with van der Waals surface area (Å²) in [5.74, 6) is 2.66. The molecule has 1 aliphatic rings. The molecule has 3 heterocycles. The highest BCUT2D eigenvalue weighted by Crippen LogP contribution is 2.28. The van der Waals surface area contributed by atoms with Gasteiger partial charge in [0.25, 0.3) is 0 Å². The number of benzene rings is 2. The summed E-state index contributed by atoms with van der Waals surface area (Å²) in [7, 11) is 0. The van der Waals surface area contributed by atoms with Gasteiger partial charge in [-0.2, -0.15) is 0 Å². The van der Waals surface area contributed by atoms with E-state index in [-0.39, 0.29) is 6.10 Å². The van der Waals surface area contributed by atoms with Crippen molar-refractivity contribution in [1.82, 2.24) is 19.7 Å². The third kappa shape index (κ3) is 3.29. The van der Waals surface area contributed by atoms with Gasteiger partial charge in [0, 0.05) is 43.7 Å². The minimum atomic E-state index is 0.222. The number of hydrogen-bond acceptors (Lipinski definition) is 5. The van der Waals surface area contributed by atoms with E-state index in [1.807, 2.05) is 22.9 Å². The van der Waals surface area contributed by atoms with Gasteiger partial charge in [-0.1, -0.05) is 36.4 Å². The zero-order valence-corrected chi connectivity index (χ0v) is 15.5. The van der Waals surface area contributed by atoms with Crippen molar-refractivity contribution >= 4 is 16.6 Å². The van der Waals surface area contributed by atoms with E-state index in [1.165, 1.54) is 10.8 Å². The third-order valence-electron chi connectivity index (χ3n) is 5.21. The van der Waals surface area contributed by atoms with Crippen LogP contribution in [0, 0.1) is 0 Å². The maximum atomic E-state index is 6.35. The summed E-state index contributed by atoms with van der Waals surface area (Å²) in [5, 5.41) is 11.1. The molecule has 0 spiro atoms. The molecule has 0 atom stereocenters. The summed E-state index contributed by atoms with van der Waals surface area (Å²) in [6.07, 6.45) is 7.47. The van der Waals surface area contributed by atoms with E-state index < -0.39 is 0 Å². The van der Waals surface area contributed by atoms with E-state index in [1.54, 1.807) is 12.5 Å². The SMILES string of the molecule is c1ccc2c(OC3CCN(c4ccc(-n5ccnc5)nn4)CC3)cccc2c1. The molecule has 2 aromatic heterocycles. The van der Waals surface area contributed by atoms with Gasteiger partial charge in [0.1, 0.15) is 18.2 Å². The lowest BCUT2D eigenvalue weighted by Crippen LogP contribution is -2.38. The fraction of sp³-hybridized carbons (Fsp3) is 0.227. The standard InChI is InChI=1S/C22H21N5O/c1-2-6-19-17(4-1)5-3-7-20(19)28-18-10-13-26(14-11-18)21-8-9-22(25-24-21)27-15-12-23-16-27/h1-9,12,15-16,18H,10-11,13-14H2. The van der Waals surface area contributed by atoms with Crippen LogP contribution in [-0.4, -0.2) is 38.9 Å². The summed E-state index contributed by atoms with van der Waals surface area (Å²) in [6.45, 7) is 1.82. The van der Waals surface area contributed by atoms with Crippen molar-refractivity contribution in [3.8, 4) is 11.6 Å². The molecule has 0 N–H and O–H groups in total. The normalized spacial score (nSPS) is 15.1. The van der Waals surface area contributed by atoms with Crippen LogP contribution in [-0.2, 0) is 0 Å². The van der Waals surface area contributed by atoms with E-state index in [4.69, 9.17) is 4.74 Å². The first-order valence-corrected chi connectivity index (χ1v) is 9.58. The van der Waals surface area contributed by atoms with E-state index in [2.05, 4.69) is 62.5 Å². The molecule has 5 rings (SSSR count). The Morgan fingerprint density at radius 2 is 1.64 bits per heavy atom. The van der Waals surface area contributed by atoms with Crippen molar-refractivity contribution in [1.29, 1.82) is 0 Å². The molecule has 0 amide bonds. The highest BCUT2D eigenvalue weighted by atomic mass is 16.5. The molecule has 28 heavy (non-hydrogen) atoms. The van der Waals surface area contributed by atoms with Crippen molar-refractivity contribution < 1.29 is 4.74 Å². The van der Waals surface area contributed by atoms with E-state index in [0.29, 0.717) is 0 Å². The lowest BCUT2D eigenvalue weighted by molar-refractivity contribution is 0.173.